The minimum atomic E-state index is -4.38. The molecule has 12 heteroatoms. The van der Waals surface area contributed by atoms with Crippen molar-refractivity contribution in [3.05, 3.63) is 46.9 Å². The summed E-state index contributed by atoms with van der Waals surface area (Å²) in [6, 6.07) is 9.65. The maximum Gasteiger partial charge on any atom is 0.446 e. The Kier molecular flexibility index (Phi) is 6.31. The highest BCUT2D eigenvalue weighted by atomic mass is 32.2. The number of nitrogens with zero attached hydrogens (tertiary/aromatic N) is 4. The topological polar surface area (TPSA) is 114 Å². The zero-order valence-corrected chi connectivity index (χ0v) is 19.1. The van der Waals surface area contributed by atoms with Crippen LogP contribution in [0.15, 0.2) is 46.2 Å². The number of anilines is 2. The molecule has 0 spiro atoms. The molecule has 1 saturated heterocycles. The van der Waals surface area contributed by atoms with Crippen LogP contribution in [0.3, 0.4) is 0 Å². The number of piperidine rings is 1. The summed E-state index contributed by atoms with van der Waals surface area (Å²) in [4.78, 5) is 17.3. The molecule has 1 aromatic carbocycles. The monoisotopic (exact) mass is 489 g/mol. The van der Waals surface area contributed by atoms with Crippen LogP contribution >= 0.6 is 11.8 Å². The predicted molar refractivity (Wildman–Crippen MR) is 124 cm³/mol. The van der Waals surface area contributed by atoms with Gasteiger partial charge in [0.1, 0.15) is 5.39 Å². The van der Waals surface area contributed by atoms with Gasteiger partial charge in [0.15, 0.2) is 5.82 Å². The van der Waals surface area contributed by atoms with Gasteiger partial charge in [-0.2, -0.15) is 23.5 Å². The Labute approximate surface area is 197 Å². The number of fused-ring (bicyclic) bond motifs is 1. The van der Waals surface area contributed by atoms with Crippen molar-refractivity contribution in [3.63, 3.8) is 0 Å². The van der Waals surface area contributed by atoms with Crippen LogP contribution in [0.5, 0.6) is 0 Å². The van der Waals surface area contributed by atoms with Gasteiger partial charge in [0, 0.05) is 29.9 Å². The number of hydrogen-bond acceptors (Lipinski definition) is 6. The molecule has 3 aromatic rings. The number of aromatic nitrogens is 3. The van der Waals surface area contributed by atoms with Crippen LogP contribution < -0.4 is 10.9 Å². The van der Waals surface area contributed by atoms with Crippen LogP contribution in [-0.2, 0) is 5.54 Å². The van der Waals surface area contributed by atoms with Crippen molar-refractivity contribution < 1.29 is 13.2 Å². The van der Waals surface area contributed by atoms with Crippen LogP contribution in [0.1, 0.15) is 26.2 Å². The van der Waals surface area contributed by atoms with Crippen molar-refractivity contribution in [1.29, 1.82) is 10.7 Å². The Bertz CT molecular complexity index is 1300. The third-order valence-corrected chi connectivity index (χ3v) is 6.72. The van der Waals surface area contributed by atoms with Gasteiger partial charge in [-0.3, -0.25) is 14.9 Å². The molecule has 0 amide bonds. The second-order valence-corrected chi connectivity index (χ2v) is 9.29. The normalized spacial score (nSPS) is 15.8. The van der Waals surface area contributed by atoms with E-state index in [2.05, 4.69) is 21.5 Å². The van der Waals surface area contributed by atoms with Crippen LogP contribution in [-0.4, -0.2) is 44.1 Å². The number of rotatable bonds is 5. The first kappa shape index (κ1) is 23.7. The number of nitriles is 1. The summed E-state index contributed by atoms with van der Waals surface area (Å²) in [6.45, 7) is 2.89. The lowest BCUT2D eigenvalue weighted by Gasteiger charge is -2.41. The molecule has 1 aliphatic rings. The Hall–Kier alpha value is -3.46. The van der Waals surface area contributed by atoms with Gasteiger partial charge in [0.05, 0.1) is 29.4 Å². The number of thioether (sulfide) groups is 1. The van der Waals surface area contributed by atoms with E-state index in [4.69, 9.17) is 5.41 Å². The third-order valence-electron chi connectivity index (χ3n) is 5.98. The Morgan fingerprint density at radius 2 is 1.97 bits per heavy atom. The maximum atomic E-state index is 12.7. The number of H-pyrrole nitrogens is 1. The van der Waals surface area contributed by atoms with E-state index in [1.807, 2.05) is 4.90 Å². The molecule has 0 bridgehead atoms. The van der Waals surface area contributed by atoms with Crippen LogP contribution in [0.25, 0.3) is 10.9 Å². The lowest BCUT2D eigenvalue weighted by Crippen LogP contribution is -2.47. The van der Waals surface area contributed by atoms with Gasteiger partial charge in [0.25, 0.3) is 5.56 Å². The van der Waals surface area contributed by atoms with Crippen LogP contribution in [0.2, 0.25) is 0 Å². The molecular formula is C22H22F3N7OS. The molecule has 0 radical (unpaired) electrons. The largest absolute Gasteiger partial charge is 0.446 e. The summed E-state index contributed by atoms with van der Waals surface area (Å²) in [5.74, 6) is 0.720. The zero-order chi connectivity index (χ0) is 24.5. The average Bonchev–Trinajstić information content (AvgIpc) is 3.15. The summed E-state index contributed by atoms with van der Waals surface area (Å²) in [7, 11) is 0. The fourth-order valence-corrected chi connectivity index (χ4v) is 4.81. The summed E-state index contributed by atoms with van der Waals surface area (Å²) in [5.41, 5.74) is -4.36. The van der Waals surface area contributed by atoms with E-state index < -0.39 is 11.0 Å². The first-order chi connectivity index (χ1) is 16.1. The van der Waals surface area contributed by atoms with Gasteiger partial charge in [-0.05, 0) is 61.9 Å². The summed E-state index contributed by atoms with van der Waals surface area (Å²) >= 11 is -0.201. The van der Waals surface area contributed by atoms with E-state index >= 15 is 0 Å². The van der Waals surface area contributed by atoms with E-state index in [9.17, 15) is 23.2 Å². The van der Waals surface area contributed by atoms with Gasteiger partial charge < -0.3 is 15.2 Å². The number of nitrogens with one attached hydrogen (secondary N) is 3. The highest BCUT2D eigenvalue weighted by Gasteiger charge is 2.39. The van der Waals surface area contributed by atoms with Gasteiger partial charge in [-0.15, -0.1) is 0 Å². The summed E-state index contributed by atoms with van der Waals surface area (Å²) in [6.07, 6.45) is 2.85. The highest BCUT2D eigenvalue weighted by molar-refractivity contribution is 8.00. The summed E-state index contributed by atoms with van der Waals surface area (Å²) in [5, 5.41) is 25.5. The number of benzene rings is 1. The van der Waals surface area contributed by atoms with Crippen molar-refractivity contribution in [2.45, 2.75) is 42.1 Å². The SMILES string of the molecule is CC(=N)N1CCC(CC#N)(n2nc(Nc3ccc(SC(F)(F)F)cc3)c3c(=O)[nH]ccc32)CC1. The minimum absolute atomic E-state index is 0.0486. The van der Waals surface area contributed by atoms with Crippen molar-refractivity contribution in [1.82, 2.24) is 19.7 Å². The molecular weight excluding hydrogens is 467 g/mol. The molecule has 0 saturated carbocycles. The van der Waals surface area contributed by atoms with Gasteiger partial charge in [-0.1, -0.05) is 0 Å². The van der Waals surface area contributed by atoms with E-state index in [1.165, 1.54) is 30.5 Å². The first-order valence-electron chi connectivity index (χ1n) is 10.5. The Morgan fingerprint density at radius 1 is 1.29 bits per heavy atom. The third kappa shape index (κ3) is 4.75. The lowest BCUT2D eigenvalue weighted by atomic mass is 9.84. The van der Waals surface area contributed by atoms with E-state index in [-0.39, 0.29) is 34.5 Å². The molecule has 2 aromatic heterocycles. The molecule has 3 heterocycles. The second kappa shape index (κ2) is 9.06. The van der Waals surface area contributed by atoms with Crippen molar-refractivity contribution >= 4 is 40.0 Å². The maximum absolute atomic E-state index is 12.7. The number of likely N-dealkylation sites (tertiary alicyclic amines) is 1. The van der Waals surface area contributed by atoms with Crippen LogP contribution in [0, 0.1) is 16.7 Å². The fourth-order valence-electron chi connectivity index (χ4n) is 4.27. The van der Waals surface area contributed by atoms with Gasteiger partial charge >= 0.3 is 5.51 Å². The number of aromatic amines is 1. The number of alkyl halides is 3. The number of hydrogen-bond donors (Lipinski definition) is 3. The summed E-state index contributed by atoms with van der Waals surface area (Å²) < 4.78 is 39.6. The first-order valence-corrected chi connectivity index (χ1v) is 11.3. The Morgan fingerprint density at radius 3 is 2.56 bits per heavy atom. The molecule has 3 N–H and O–H groups in total. The van der Waals surface area contributed by atoms with Crippen molar-refractivity contribution in [3.8, 4) is 6.07 Å². The standard InChI is InChI=1S/C22H22F3N7OS/c1-14(27)31-12-8-21(7-10-26,9-13-31)32-17-6-11-28-20(33)18(17)19(30-32)29-15-2-4-16(5-3-15)34-22(23,24)25/h2-6,11,27H,7-9,12-13H2,1H3,(H,28,33)(H,29,30). The van der Waals surface area contributed by atoms with Gasteiger partial charge in [-0.25, -0.2) is 0 Å². The molecule has 34 heavy (non-hydrogen) atoms. The molecule has 0 aliphatic carbocycles. The molecule has 1 aliphatic heterocycles. The molecule has 178 valence electrons. The average molecular weight is 490 g/mol. The predicted octanol–water partition coefficient (Wildman–Crippen LogP) is 4.78. The number of pyridine rings is 1. The molecule has 8 nitrogen and oxygen atoms in total. The molecule has 0 unspecified atom stereocenters. The molecule has 0 atom stereocenters. The Balaban J connectivity index is 1.72. The van der Waals surface area contributed by atoms with Crippen LogP contribution in [0.4, 0.5) is 24.7 Å². The second-order valence-electron chi connectivity index (χ2n) is 8.16. The van der Waals surface area contributed by atoms with E-state index in [0.29, 0.717) is 48.4 Å². The van der Waals surface area contributed by atoms with Gasteiger partial charge in [0.2, 0.25) is 0 Å². The quantitative estimate of drug-likeness (QED) is 0.270. The molecule has 1 fully saturated rings. The minimum Gasteiger partial charge on any atom is -0.361 e. The zero-order valence-electron chi connectivity index (χ0n) is 18.2. The molecule has 4 rings (SSSR count). The van der Waals surface area contributed by atoms with Crippen molar-refractivity contribution in [2.24, 2.45) is 0 Å². The van der Waals surface area contributed by atoms with Crippen molar-refractivity contribution in [2.75, 3.05) is 18.4 Å². The fraction of sp³-hybridized carbons (Fsp3) is 0.364. The van der Waals surface area contributed by atoms with E-state index in [0.717, 1.165) is 0 Å². The number of halogens is 3. The number of amidine groups is 1. The van der Waals surface area contributed by atoms with E-state index in [1.54, 1.807) is 17.7 Å². The lowest BCUT2D eigenvalue weighted by molar-refractivity contribution is -0.0328. The smallest absolute Gasteiger partial charge is 0.361 e. The highest BCUT2D eigenvalue weighted by Crippen LogP contribution is 2.39.